The number of hydrogen-bond donors (Lipinski definition) is 1. The fourth-order valence-electron chi connectivity index (χ4n) is 2.56. The molecule has 0 amide bonds. The monoisotopic (exact) mass is 364 g/mol. The zero-order valence-electron chi connectivity index (χ0n) is 14.2. The van der Waals surface area contributed by atoms with Gasteiger partial charge in [0.2, 0.25) is 0 Å². The number of nitriles is 1. The molecule has 0 aliphatic rings. The van der Waals surface area contributed by atoms with Crippen LogP contribution in [-0.2, 0) is 12.2 Å². The van der Waals surface area contributed by atoms with Gasteiger partial charge in [-0.05, 0) is 30.2 Å². The first-order chi connectivity index (χ1) is 12.5. The van der Waals surface area contributed by atoms with Crippen molar-refractivity contribution in [1.29, 1.82) is 5.26 Å². The van der Waals surface area contributed by atoms with Crippen molar-refractivity contribution in [1.82, 2.24) is 9.97 Å². The third-order valence-electron chi connectivity index (χ3n) is 3.84. The fraction of sp³-hybridized carbons (Fsp3) is 0.150. The molecule has 3 aromatic rings. The maximum atomic E-state index is 13.1. The van der Waals surface area contributed by atoms with E-state index in [0.717, 1.165) is 5.56 Å². The highest BCUT2D eigenvalue weighted by atomic mass is 32.2. The third kappa shape index (κ3) is 4.38. The lowest BCUT2D eigenvalue weighted by atomic mass is 10.1. The van der Waals surface area contributed by atoms with Gasteiger partial charge in [0.15, 0.2) is 5.16 Å². The molecule has 0 radical (unpaired) electrons. The predicted octanol–water partition coefficient (Wildman–Crippen LogP) is 4.26. The number of benzene rings is 2. The number of halogens is 1. The molecule has 1 heterocycles. The summed E-state index contributed by atoms with van der Waals surface area (Å²) in [5.74, 6) is 0.584. The van der Waals surface area contributed by atoms with E-state index in [0.29, 0.717) is 23.0 Å². The van der Waals surface area contributed by atoms with Crippen molar-refractivity contribution in [3.05, 3.63) is 82.3 Å². The average molecular weight is 364 g/mol. The van der Waals surface area contributed by atoms with Gasteiger partial charge in [-0.15, -0.1) is 0 Å². The number of aromatic nitrogens is 2. The third-order valence-corrected chi connectivity index (χ3v) is 4.76. The summed E-state index contributed by atoms with van der Waals surface area (Å²) >= 11 is 1.47. The van der Waals surface area contributed by atoms with Gasteiger partial charge < -0.3 is 5.73 Å². The first-order valence-corrected chi connectivity index (χ1v) is 9.03. The Labute approximate surface area is 155 Å². The Morgan fingerprint density at radius 2 is 1.88 bits per heavy atom. The molecule has 130 valence electrons. The lowest BCUT2D eigenvalue weighted by Crippen LogP contribution is -2.06. The van der Waals surface area contributed by atoms with Gasteiger partial charge in [0, 0.05) is 12.2 Å². The van der Waals surface area contributed by atoms with Crippen molar-refractivity contribution in [3.63, 3.8) is 0 Å². The Morgan fingerprint density at radius 3 is 2.58 bits per heavy atom. The van der Waals surface area contributed by atoms with Gasteiger partial charge in [-0.25, -0.2) is 14.4 Å². The topological polar surface area (TPSA) is 75.6 Å². The highest BCUT2D eigenvalue weighted by Gasteiger charge is 2.13. The Hall–Kier alpha value is -2.91. The van der Waals surface area contributed by atoms with Crippen molar-refractivity contribution < 1.29 is 4.39 Å². The molecule has 0 spiro atoms. The van der Waals surface area contributed by atoms with Crippen LogP contribution in [0.3, 0.4) is 0 Å². The molecular formula is C20H17FN4S. The summed E-state index contributed by atoms with van der Waals surface area (Å²) in [5, 5.41) is 9.90. The first kappa shape index (κ1) is 17.9. The van der Waals surface area contributed by atoms with Gasteiger partial charge >= 0.3 is 0 Å². The van der Waals surface area contributed by atoms with E-state index in [1.54, 1.807) is 12.1 Å². The molecule has 6 heteroatoms. The second kappa shape index (κ2) is 7.98. The predicted molar refractivity (Wildman–Crippen MR) is 101 cm³/mol. The molecule has 0 atom stereocenters. The number of aryl methyl sites for hydroxylation is 1. The number of anilines is 1. The quantitative estimate of drug-likeness (QED) is 0.541. The number of nitrogens with two attached hydrogens (primary N) is 1. The van der Waals surface area contributed by atoms with Crippen LogP contribution in [0.25, 0.3) is 0 Å². The summed E-state index contributed by atoms with van der Waals surface area (Å²) in [5.41, 5.74) is 10.0. The minimum Gasteiger partial charge on any atom is -0.382 e. The molecule has 0 fully saturated rings. The lowest BCUT2D eigenvalue weighted by Gasteiger charge is -2.09. The minimum atomic E-state index is -0.300. The van der Waals surface area contributed by atoms with E-state index in [4.69, 9.17) is 5.73 Å². The number of thioether (sulfide) groups is 1. The van der Waals surface area contributed by atoms with Crippen LogP contribution in [-0.4, -0.2) is 9.97 Å². The summed E-state index contributed by atoms with van der Waals surface area (Å²) < 4.78 is 13.1. The normalized spacial score (nSPS) is 10.5. The van der Waals surface area contributed by atoms with E-state index in [1.165, 1.54) is 35.0 Å². The van der Waals surface area contributed by atoms with Gasteiger partial charge in [0.05, 0.1) is 5.69 Å². The Morgan fingerprint density at radius 1 is 1.12 bits per heavy atom. The molecule has 0 saturated heterocycles. The second-order valence-electron chi connectivity index (χ2n) is 5.91. The second-order valence-corrected chi connectivity index (χ2v) is 6.85. The van der Waals surface area contributed by atoms with Crippen molar-refractivity contribution in [2.75, 3.05) is 5.73 Å². The van der Waals surface area contributed by atoms with Gasteiger partial charge in [0.25, 0.3) is 0 Å². The highest BCUT2D eigenvalue weighted by molar-refractivity contribution is 7.98. The largest absolute Gasteiger partial charge is 0.382 e. The van der Waals surface area contributed by atoms with E-state index in [1.807, 2.05) is 25.1 Å². The van der Waals surface area contributed by atoms with Crippen LogP contribution >= 0.6 is 11.8 Å². The number of rotatable bonds is 5. The highest BCUT2D eigenvalue weighted by Crippen LogP contribution is 2.24. The summed E-state index contributed by atoms with van der Waals surface area (Å²) in [6.45, 7) is 2.05. The maximum Gasteiger partial charge on any atom is 0.190 e. The summed E-state index contributed by atoms with van der Waals surface area (Å²) in [7, 11) is 0. The molecule has 4 nitrogen and oxygen atoms in total. The first-order valence-electron chi connectivity index (χ1n) is 8.04. The SMILES string of the molecule is Cc1cccc(CSc2nc(N)c(C#N)c(Cc3ccc(F)cc3)n2)c1. The summed E-state index contributed by atoms with van der Waals surface area (Å²) in [6, 6.07) is 16.4. The average Bonchev–Trinajstić information content (AvgIpc) is 2.62. The summed E-state index contributed by atoms with van der Waals surface area (Å²) in [6.07, 6.45) is 0.397. The molecule has 0 unspecified atom stereocenters. The molecule has 1 aromatic heterocycles. The van der Waals surface area contributed by atoms with Crippen LogP contribution in [0, 0.1) is 24.1 Å². The molecule has 2 N–H and O–H groups in total. The standard InChI is InChI=1S/C20H17FN4S/c1-13-3-2-4-15(9-13)12-26-20-24-18(17(11-22)19(23)25-20)10-14-5-7-16(21)8-6-14/h2-9H,10,12H2,1H3,(H2,23,24,25). The Balaban J connectivity index is 1.84. The molecule has 0 aliphatic carbocycles. The molecule has 2 aromatic carbocycles. The van der Waals surface area contributed by atoms with Crippen LogP contribution < -0.4 is 5.73 Å². The van der Waals surface area contributed by atoms with Crippen molar-refractivity contribution in [2.24, 2.45) is 0 Å². The number of nitrogens with zero attached hydrogens (tertiary/aromatic N) is 3. The smallest absolute Gasteiger partial charge is 0.190 e. The number of hydrogen-bond acceptors (Lipinski definition) is 5. The van der Waals surface area contributed by atoms with Crippen molar-refractivity contribution in [3.8, 4) is 6.07 Å². The van der Waals surface area contributed by atoms with Crippen LogP contribution in [0.1, 0.15) is 27.9 Å². The Bertz CT molecular complexity index is 965. The molecule has 0 bridgehead atoms. The van der Waals surface area contributed by atoms with Gasteiger partial charge in [0.1, 0.15) is 23.3 Å². The van der Waals surface area contributed by atoms with E-state index in [-0.39, 0.29) is 17.2 Å². The molecular weight excluding hydrogens is 347 g/mol. The van der Waals surface area contributed by atoms with E-state index >= 15 is 0 Å². The van der Waals surface area contributed by atoms with Crippen LogP contribution in [0.2, 0.25) is 0 Å². The molecule has 26 heavy (non-hydrogen) atoms. The number of nitrogen functional groups attached to an aromatic ring is 1. The van der Waals surface area contributed by atoms with Gasteiger partial charge in [-0.2, -0.15) is 5.26 Å². The zero-order chi connectivity index (χ0) is 18.5. The van der Waals surface area contributed by atoms with Crippen LogP contribution in [0.5, 0.6) is 0 Å². The van der Waals surface area contributed by atoms with Crippen LogP contribution in [0.15, 0.2) is 53.7 Å². The fourth-order valence-corrected chi connectivity index (χ4v) is 3.38. The van der Waals surface area contributed by atoms with Gasteiger partial charge in [-0.3, -0.25) is 0 Å². The van der Waals surface area contributed by atoms with Crippen LogP contribution in [0.4, 0.5) is 10.2 Å². The molecule has 3 rings (SSSR count). The van der Waals surface area contributed by atoms with Crippen molar-refractivity contribution in [2.45, 2.75) is 24.3 Å². The van der Waals surface area contributed by atoms with E-state index in [2.05, 4.69) is 22.1 Å². The summed E-state index contributed by atoms with van der Waals surface area (Å²) in [4.78, 5) is 8.76. The molecule has 0 aliphatic heterocycles. The van der Waals surface area contributed by atoms with E-state index < -0.39 is 0 Å². The minimum absolute atomic E-state index is 0.173. The lowest BCUT2D eigenvalue weighted by molar-refractivity contribution is 0.627. The maximum absolute atomic E-state index is 13.1. The van der Waals surface area contributed by atoms with Crippen molar-refractivity contribution >= 4 is 17.6 Å². The molecule has 0 saturated carbocycles. The Kier molecular flexibility index (Phi) is 5.49. The van der Waals surface area contributed by atoms with E-state index in [9.17, 15) is 9.65 Å². The van der Waals surface area contributed by atoms with Gasteiger partial charge in [-0.1, -0.05) is 53.7 Å². The zero-order valence-corrected chi connectivity index (χ0v) is 15.1.